The molecule has 0 heterocycles. The maximum absolute atomic E-state index is 12.5. The summed E-state index contributed by atoms with van der Waals surface area (Å²) in [7, 11) is 0. The number of nitrogens with one attached hydrogen (secondary N) is 2. The Labute approximate surface area is 115 Å². The number of amides is 1. The molecule has 1 unspecified atom stereocenters. The number of carbonyl (C=O) groups excluding carboxylic acids is 1. The topological polar surface area (TPSA) is 61.4 Å². The van der Waals surface area contributed by atoms with E-state index >= 15 is 0 Å². The summed E-state index contributed by atoms with van der Waals surface area (Å²) in [6, 6.07) is 4.26. The van der Waals surface area contributed by atoms with Crippen molar-refractivity contribution in [1.82, 2.24) is 10.6 Å². The molecule has 0 aromatic heterocycles. The van der Waals surface area contributed by atoms with Crippen LogP contribution in [-0.2, 0) is 6.18 Å². The first-order valence-corrected chi connectivity index (χ1v) is 6.15. The number of hydrogen-bond acceptors (Lipinski definition) is 3. The van der Waals surface area contributed by atoms with Crippen molar-refractivity contribution in [3.05, 3.63) is 35.4 Å². The molecule has 4 nitrogen and oxygen atoms in total. The Bertz CT molecular complexity index is 447. The Morgan fingerprint density at radius 3 is 2.65 bits per heavy atom. The highest BCUT2D eigenvalue weighted by atomic mass is 19.4. The van der Waals surface area contributed by atoms with Crippen LogP contribution in [0.3, 0.4) is 0 Å². The van der Waals surface area contributed by atoms with E-state index in [0.29, 0.717) is 13.1 Å². The molecule has 1 rings (SSSR count). The van der Waals surface area contributed by atoms with E-state index in [9.17, 15) is 18.0 Å². The molecule has 0 aliphatic rings. The molecule has 20 heavy (non-hydrogen) atoms. The molecule has 0 aliphatic heterocycles. The molecule has 0 saturated heterocycles. The largest absolute Gasteiger partial charge is 0.416 e. The van der Waals surface area contributed by atoms with Crippen molar-refractivity contribution < 1.29 is 23.1 Å². The highest BCUT2D eigenvalue weighted by Gasteiger charge is 2.30. The van der Waals surface area contributed by atoms with Crippen LogP contribution in [-0.4, -0.2) is 36.8 Å². The maximum atomic E-state index is 12.5. The Hall–Kier alpha value is -1.60. The van der Waals surface area contributed by atoms with E-state index in [4.69, 9.17) is 5.11 Å². The second-order valence-corrected chi connectivity index (χ2v) is 4.39. The average Bonchev–Trinajstić information content (AvgIpc) is 2.37. The van der Waals surface area contributed by atoms with Crippen LogP contribution in [0, 0.1) is 0 Å². The standard InChI is InChI=1S/C13H17F3N2O2/c1-9(19)8-17-5-6-18-12(20)10-3-2-4-11(7-10)13(14,15)16/h2-4,7,9,17,19H,5-6,8H2,1H3,(H,18,20). The minimum absolute atomic E-state index is 0.0321. The number of benzene rings is 1. The summed E-state index contributed by atoms with van der Waals surface area (Å²) >= 11 is 0. The molecule has 0 radical (unpaired) electrons. The van der Waals surface area contributed by atoms with E-state index in [1.54, 1.807) is 6.92 Å². The molecule has 1 aromatic carbocycles. The Morgan fingerprint density at radius 1 is 1.35 bits per heavy atom. The predicted molar refractivity (Wildman–Crippen MR) is 68.3 cm³/mol. The molecule has 7 heteroatoms. The summed E-state index contributed by atoms with van der Waals surface area (Å²) in [4.78, 5) is 11.7. The maximum Gasteiger partial charge on any atom is 0.416 e. The first-order valence-electron chi connectivity index (χ1n) is 6.15. The van der Waals surface area contributed by atoms with E-state index in [2.05, 4.69) is 10.6 Å². The zero-order chi connectivity index (χ0) is 15.2. The number of rotatable bonds is 6. The zero-order valence-corrected chi connectivity index (χ0v) is 11.0. The van der Waals surface area contributed by atoms with Crippen molar-refractivity contribution in [2.75, 3.05) is 19.6 Å². The van der Waals surface area contributed by atoms with Gasteiger partial charge in [-0.3, -0.25) is 4.79 Å². The average molecular weight is 290 g/mol. The minimum Gasteiger partial charge on any atom is -0.392 e. The lowest BCUT2D eigenvalue weighted by atomic mass is 10.1. The quantitative estimate of drug-likeness (QED) is 0.694. The van der Waals surface area contributed by atoms with Crippen LogP contribution in [0.15, 0.2) is 24.3 Å². The Morgan fingerprint density at radius 2 is 2.05 bits per heavy atom. The fourth-order valence-corrected chi connectivity index (χ4v) is 1.51. The van der Waals surface area contributed by atoms with Crippen molar-refractivity contribution in [1.29, 1.82) is 0 Å². The van der Waals surface area contributed by atoms with E-state index in [-0.39, 0.29) is 12.1 Å². The van der Waals surface area contributed by atoms with Gasteiger partial charge in [-0.1, -0.05) is 6.07 Å². The lowest BCUT2D eigenvalue weighted by Crippen LogP contribution is -2.34. The highest BCUT2D eigenvalue weighted by molar-refractivity contribution is 5.94. The smallest absolute Gasteiger partial charge is 0.392 e. The molecule has 112 valence electrons. The molecule has 1 atom stereocenters. The normalized spacial score (nSPS) is 13.1. The SMILES string of the molecule is CC(O)CNCCNC(=O)c1cccc(C(F)(F)F)c1. The molecule has 3 N–H and O–H groups in total. The van der Waals surface area contributed by atoms with Crippen LogP contribution in [0.5, 0.6) is 0 Å². The van der Waals surface area contributed by atoms with Gasteiger partial charge in [0.15, 0.2) is 0 Å². The Balaban J connectivity index is 2.48. The van der Waals surface area contributed by atoms with Crippen LogP contribution in [0.2, 0.25) is 0 Å². The summed E-state index contributed by atoms with van der Waals surface area (Å²) in [5, 5.41) is 14.4. The molecule has 0 spiro atoms. The third kappa shape index (κ3) is 5.58. The lowest BCUT2D eigenvalue weighted by Gasteiger charge is -2.10. The number of aliphatic hydroxyl groups is 1. The number of aliphatic hydroxyl groups excluding tert-OH is 1. The third-order valence-corrected chi connectivity index (χ3v) is 2.48. The third-order valence-electron chi connectivity index (χ3n) is 2.48. The highest BCUT2D eigenvalue weighted by Crippen LogP contribution is 2.29. The van der Waals surface area contributed by atoms with Crippen LogP contribution in [0.4, 0.5) is 13.2 Å². The van der Waals surface area contributed by atoms with Gasteiger partial charge in [0.05, 0.1) is 11.7 Å². The van der Waals surface area contributed by atoms with E-state index in [1.807, 2.05) is 0 Å². The summed E-state index contributed by atoms with van der Waals surface area (Å²) in [5.41, 5.74) is -0.882. The fraction of sp³-hybridized carbons (Fsp3) is 0.462. The summed E-state index contributed by atoms with van der Waals surface area (Å²) in [6.07, 6.45) is -4.95. The van der Waals surface area contributed by atoms with Gasteiger partial charge in [-0.25, -0.2) is 0 Å². The van der Waals surface area contributed by atoms with Crippen molar-refractivity contribution in [3.63, 3.8) is 0 Å². The molecule has 0 saturated carbocycles. The number of alkyl halides is 3. The van der Waals surface area contributed by atoms with Gasteiger partial charge in [0, 0.05) is 25.2 Å². The van der Waals surface area contributed by atoms with E-state index in [0.717, 1.165) is 12.1 Å². The zero-order valence-electron chi connectivity index (χ0n) is 11.0. The van der Waals surface area contributed by atoms with Crippen LogP contribution < -0.4 is 10.6 Å². The first-order chi connectivity index (χ1) is 9.30. The first kappa shape index (κ1) is 16.5. The van der Waals surface area contributed by atoms with E-state index in [1.165, 1.54) is 12.1 Å². The van der Waals surface area contributed by atoms with Gasteiger partial charge in [-0.15, -0.1) is 0 Å². The Kier molecular flexibility index (Phi) is 5.97. The summed E-state index contributed by atoms with van der Waals surface area (Å²) in [5.74, 6) is -0.560. The predicted octanol–water partition coefficient (Wildman–Crippen LogP) is 1.41. The molecule has 0 aliphatic carbocycles. The monoisotopic (exact) mass is 290 g/mol. The van der Waals surface area contributed by atoms with Crippen LogP contribution in [0.1, 0.15) is 22.8 Å². The van der Waals surface area contributed by atoms with Gasteiger partial charge >= 0.3 is 6.18 Å². The van der Waals surface area contributed by atoms with Crippen molar-refractivity contribution >= 4 is 5.91 Å². The van der Waals surface area contributed by atoms with Crippen LogP contribution >= 0.6 is 0 Å². The van der Waals surface area contributed by atoms with E-state index < -0.39 is 23.8 Å². The van der Waals surface area contributed by atoms with Gasteiger partial charge in [0.25, 0.3) is 5.91 Å². The lowest BCUT2D eigenvalue weighted by molar-refractivity contribution is -0.137. The molecule has 1 aromatic rings. The molecule has 0 fully saturated rings. The van der Waals surface area contributed by atoms with Gasteiger partial charge in [0.1, 0.15) is 0 Å². The fourth-order valence-electron chi connectivity index (χ4n) is 1.51. The van der Waals surface area contributed by atoms with Gasteiger partial charge in [-0.05, 0) is 25.1 Å². The van der Waals surface area contributed by atoms with Crippen LogP contribution in [0.25, 0.3) is 0 Å². The second kappa shape index (κ2) is 7.25. The second-order valence-electron chi connectivity index (χ2n) is 4.39. The summed E-state index contributed by atoms with van der Waals surface area (Å²) < 4.78 is 37.5. The van der Waals surface area contributed by atoms with Crippen molar-refractivity contribution in [2.45, 2.75) is 19.2 Å². The van der Waals surface area contributed by atoms with Gasteiger partial charge in [-0.2, -0.15) is 13.2 Å². The summed E-state index contributed by atoms with van der Waals surface area (Å²) in [6.45, 7) is 2.70. The molecular weight excluding hydrogens is 273 g/mol. The van der Waals surface area contributed by atoms with Crippen molar-refractivity contribution in [2.24, 2.45) is 0 Å². The number of carbonyl (C=O) groups is 1. The van der Waals surface area contributed by atoms with Crippen molar-refractivity contribution in [3.8, 4) is 0 Å². The molecule has 1 amide bonds. The number of halogens is 3. The molecule has 0 bridgehead atoms. The minimum atomic E-state index is -4.46. The number of hydrogen-bond donors (Lipinski definition) is 3. The van der Waals surface area contributed by atoms with Gasteiger partial charge < -0.3 is 15.7 Å². The molecular formula is C13H17F3N2O2. The van der Waals surface area contributed by atoms with Gasteiger partial charge in [0.2, 0.25) is 0 Å².